The van der Waals surface area contributed by atoms with Gasteiger partial charge in [0.05, 0.1) is 5.41 Å². The van der Waals surface area contributed by atoms with Gasteiger partial charge in [0.25, 0.3) is 0 Å². The molecule has 0 radical (unpaired) electrons. The molecule has 0 aliphatic carbocycles. The van der Waals surface area contributed by atoms with E-state index in [9.17, 15) is 4.79 Å². The Bertz CT molecular complexity index is 478. The molecule has 23 heavy (non-hydrogen) atoms. The van der Waals surface area contributed by atoms with Crippen molar-refractivity contribution in [3.8, 4) is 0 Å². The lowest BCUT2D eigenvalue weighted by atomic mass is 9.90. The number of hydrogen-bond acceptors (Lipinski definition) is 3. The lowest BCUT2D eigenvalue weighted by Gasteiger charge is -2.17. The van der Waals surface area contributed by atoms with Gasteiger partial charge in [-0.05, 0) is 56.7 Å². The Hall–Kier alpha value is -1.51. The largest absolute Gasteiger partial charge is 0.460 e. The summed E-state index contributed by atoms with van der Waals surface area (Å²) in [7, 11) is 0. The molecule has 0 bridgehead atoms. The average molecular weight is 319 g/mol. The molecular formula is C20H33NO2. The topological polar surface area (TPSA) is 38.3 Å². The van der Waals surface area contributed by atoms with E-state index in [1.165, 1.54) is 19.3 Å². The van der Waals surface area contributed by atoms with Crippen molar-refractivity contribution in [2.75, 3.05) is 11.9 Å². The number of esters is 1. The van der Waals surface area contributed by atoms with E-state index in [1.54, 1.807) is 0 Å². The van der Waals surface area contributed by atoms with Gasteiger partial charge in [-0.2, -0.15) is 0 Å². The standard InChI is InChI=1S/C20H33NO2/c1-19(2,3)13-7-8-14-21-17-11-9-16(10-12-17)15-23-18(22)20(4,5)6/h9-12,21H,7-8,13-15H2,1-6H3. The Balaban J connectivity index is 2.30. The predicted molar refractivity (Wildman–Crippen MR) is 97.5 cm³/mol. The molecule has 0 aliphatic heterocycles. The van der Waals surface area contributed by atoms with Crippen LogP contribution in [-0.4, -0.2) is 12.5 Å². The lowest BCUT2D eigenvalue weighted by molar-refractivity contribution is -0.154. The Morgan fingerprint density at radius 3 is 2.13 bits per heavy atom. The van der Waals surface area contributed by atoms with E-state index < -0.39 is 5.41 Å². The van der Waals surface area contributed by atoms with Gasteiger partial charge in [0.2, 0.25) is 0 Å². The Morgan fingerprint density at radius 1 is 1.00 bits per heavy atom. The number of nitrogens with one attached hydrogen (secondary N) is 1. The van der Waals surface area contributed by atoms with Crippen LogP contribution in [0.25, 0.3) is 0 Å². The smallest absolute Gasteiger partial charge is 0.311 e. The molecule has 0 fully saturated rings. The Labute approximate surface area is 141 Å². The monoisotopic (exact) mass is 319 g/mol. The van der Waals surface area contributed by atoms with Crippen molar-refractivity contribution >= 4 is 11.7 Å². The summed E-state index contributed by atoms with van der Waals surface area (Å²) in [5.74, 6) is -0.168. The van der Waals surface area contributed by atoms with Gasteiger partial charge in [-0.1, -0.05) is 39.3 Å². The second kappa shape index (κ2) is 8.37. The van der Waals surface area contributed by atoms with Crippen LogP contribution >= 0.6 is 0 Å². The lowest BCUT2D eigenvalue weighted by Crippen LogP contribution is -2.22. The van der Waals surface area contributed by atoms with Crippen LogP contribution in [0.3, 0.4) is 0 Å². The Kier molecular flexibility index (Phi) is 7.11. The molecule has 0 saturated carbocycles. The first-order chi connectivity index (χ1) is 10.6. The second-order valence-corrected chi connectivity index (χ2v) is 8.47. The molecule has 0 amide bonds. The Morgan fingerprint density at radius 2 is 1.61 bits per heavy atom. The zero-order valence-corrected chi connectivity index (χ0v) is 15.7. The van der Waals surface area contributed by atoms with Crippen molar-refractivity contribution in [3.63, 3.8) is 0 Å². The van der Waals surface area contributed by atoms with E-state index in [0.717, 1.165) is 17.8 Å². The first-order valence-corrected chi connectivity index (χ1v) is 8.58. The fraction of sp³-hybridized carbons (Fsp3) is 0.650. The van der Waals surface area contributed by atoms with Gasteiger partial charge in [0, 0.05) is 12.2 Å². The SMILES string of the molecule is CC(C)(C)CCCCNc1ccc(COC(=O)C(C)(C)C)cc1. The maximum atomic E-state index is 11.7. The van der Waals surface area contributed by atoms with E-state index in [0.29, 0.717) is 12.0 Å². The predicted octanol–water partition coefficient (Wildman–Crippen LogP) is 5.40. The number of anilines is 1. The van der Waals surface area contributed by atoms with Crippen LogP contribution in [0.15, 0.2) is 24.3 Å². The number of ether oxygens (including phenoxy) is 1. The van der Waals surface area contributed by atoms with Gasteiger partial charge in [0.15, 0.2) is 0 Å². The van der Waals surface area contributed by atoms with Gasteiger partial charge in [0.1, 0.15) is 6.61 Å². The number of unbranched alkanes of at least 4 members (excludes halogenated alkanes) is 1. The van der Waals surface area contributed by atoms with E-state index in [-0.39, 0.29) is 5.97 Å². The first-order valence-electron chi connectivity index (χ1n) is 8.58. The number of carbonyl (C=O) groups is 1. The number of carbonyl (C=O) groups excluding carboxylic acids is 1. The highest BCUT2D eigenvalue weighted by Gasteiger charge is 2.22. The first kappa shape index (κ1) is 19.5. The third kappa shape index (κ3) is 8.63. The van der Waals surface area contributed by atoms with Crippen LogP contribution in [0, 0.1) is 10.8 Å². The van der Waals surface area contributed by atoms with Gasteiger partial charge >= 0.3 is 5.97 Å². The maximum absolute atomic E-state index is 11.7. The van der Waals surface area contributed by atoms with Crippen molar-refractivity contribution in [1.29, 1.82) is 0 Å². The normalized spacial score (nSPS) is 12.1. The zero-order valence-electron chi connectivity index (χ0n) is 15.7. The number of benzene rings is 1. The van der Waals surface area contributed by atoms with E-state index in [1.807, 2.05) is 45.0 Å². The van der Waals surface area contributed by atoms with Crippen LogP contribution in [0.1, 0.15) is 66.4 Å². The number of rotatable bonds is 7. The highest BCUT2D eigenvalue weighted by atomic mass is 16.5. The molecule has 1 rings (SSSR count). The molecule has 0 saturated heterocycles. The van der Waals surface area contributed by atoms with Crippen LogP contribution in [-0.2, 0) is 16.1 Å². The van der Waals surface area contributed by atoms with Crippen LogP contribution in [0.4, 0.5) is 5.69 Å². The third-order valence-corrected chi connectivity index (χ3v) is 3.62. The molecule has 0 atom stereocenters. The van der Waals surface area contributed by atoms with Crippen molar-refractivity contribution in [2.24, 2.45) is 10.8 Å². The minimum absolute atomic E-state index is 0.168. The summed E-state index contributed by atoms with van der Waals surface area (Å²) in [6.45, 7) is 13.8. The van der Waals surface area contributed by atoms with E-state index >= 15 is 0 Å². The molecule has 0 heterocycles. The summed E-state index contributed by atoms with van der Waals surface area (Å²) in [6.07, 6.45) is 3.69. The average Bonchev–Trinajstić information content (AvgIpc) is 2.43. The summed E-state index contributed by atoms with van der Waals surface area (Å²) < 4.78 is 5.32. The maximum Gasteiger partial charge on any atom is 0.311 e. The van der Waals surface area contributed by atoms with Crippen molar-refractivity contribution in [3.05, 3.63) is 29.8 Å². The van der Waals surface area contributed by atoms with Crippen molar-refractivity contribution in [1.82, 2.24) is 0 Å². The summed E-state index contributed by atoms with van der Waals surface area (Å²) in [4.78, 5) is 11.7. The molecule has 3 nitrogen and oxygen atoms in total. The highest BCUT2D eigenvalue weighted by molar-refractivity contribution is 5.75. The molecule has 1 N–H and O–H groups in total. The molecule has 130 valence electrons. The molecule has 1 aromatic rings. The fourth-order valence-corrected chi connectivity index (χ4v) is 2.10. The molecular weight excluding hydrogens is 286 g/mol. The fourth-order valence-electron chi connectivity index (χ4n) is 2.10. The molecule has 1 aromatic carbocycles. The van der Waals surface area contributed by atoms with Gasteiger partial charge < -0.3 is 10.1 Å². The van der Waals surface area contributed by atoms with Crippen LogP contribution in [0.5, 0.6) is 0 Å². The van der Waals surface area contributed by atoms with Crippen LogP contribution in [0.2, 0.25) is 0 Å². The summed E-state index contributed by atoms with van der Waals surface area (Å²) in [6, 6.07) is 8.11. The van der Waals surface area contributed by atoms with Gasteiger partial charge in [-0.3, -0.25) is 4.79 Å². The molecule has 0 spiro atoms. The van der Waals surface area contributed by atoms with Gasteiger partial charge in [-0.15, -0.1) is 0 Å². The van der Waals surface area contributed by atoms with Crippen molar-refractivity contribution in [2.45, 2.75) is 67.4 Å². The molecule has 3 heteroatoms. The summed E-state index contributed by atoms with van der Waals surface area (Å²) >= 11 is 0. The molecule has 0 unspecified atom stereocenters. The van der Waals surface area contributed by atoms with Gasteiger partial charge in [-0.25, -0.2) is 0 Å². The third-order valence-electron chi connectivity index (χ3n) is 3.62. The summed E-state index contributed by atoms with van der Waals surface area (Å²) in [5.41, 5.74) is 2.10. The molecule has 0 aliphatic rings. The second-order valence-electron chi connectivity index (χ2n) is 8.47. The quantitative estimate of drug-likeness (QED) is 0.540. The zero-order chi connectivity index (χ0) is 17.5. The van der Waals surface area contributed by atoms with Crippen LogP contribution < -0.4 is 5.32 Å². The minimum Gasteiger partial charge on any atom is -0.460 e. The van der Waals surface area contributed by atoms with Crippen molar-refractivity contribution < 1.29 is 9.53 Å². The molecule has 0 aromatic heterocycles. The van der Waals surface area contributed by atoms with E-state index in [4.69, 9.17) is 4.74 Å². The highest BCUT2D eigenvalue weighted by Crippen LogP contribution is 2.21. The number of hydrogen-bond donors (Lipinski definition) is 1. The summed E-state index contributed by atoms with van der Waals surface area (Å²) in [5, 5.41) is 3.44. The minimum atomic E-state index is -0.450. The van der Waals surface area contributed by atoms with E-state index in [2.05, 4.69) is 26.1 Å².